The van der Waals surface area contributed by atoms with Crippen molar-refractivity contribution in [3.63, 3.8) is 0 Å². The molecule has 0 aromatic carbocycles. The Morgan fingerprint density at radius 3 is 2.62 bits per heavy atom. The molecule has 0 aromatic rings. The van der Waals surface area contributed by atoms with Gasteiger partial charge in [0.05, 0.1) is 5.25 Å². The van der Waals surface area contributed by atoms with Gasteiger partial charge in [-0.1, -0.05) is 0 Å². The van der Waals surface area contributed by atoms with E-state index in [1.54, 1.807) is 0 Å². The summed E-state index contributed by atoms with van der Waals surface area (Å²) >= 11 is 3.87. The molecule has 0 aliphatic carbocycles. The minimum absolute atomic E-state index is 0.180. The number of carbonyl (C=O) groups is 1. The van der Waals surface area contributed by atoms with Crippen LogP contribution in [0.25, 0.3) is 0 Å². The first kappa shape index (κ1) is 5.91. The van der Waals surface area contributed by atoms with Crippen molar-refractivity contribution in [2.45, 2.75) is 17.9 Å². The van der Waals surface area contributed by atoms with E-state index < -0.39 is 6.23 Å². The highest BCUT2D eigenvalue weighted by atomic mass is 32.1. The van der Waals surface area contributed by atoms with E-state index in [4.69, 9.17) is 5.11 Å². The first-order valence-electron chi connectivity index (χ1n) is 2.36. The predicted octanol–water partition coefficient (Wildman–Crippen LogP) is -0.877. The van der Waals surface area contributed by atoms with Crippen LogP contribution in [-0.2, 0) is 4.79 Å². The summed E-state index contributed by atoms with van der Waals surface area (Å²) in [6, 6.07) is 0. The molecule has 46 valence electrons. The number of aliphatic hydroxyl groups is 1. The highest BCUT2D eigenvalue weighted by molar-refractivity contribution is 7.81. The third-order valence-corrected chi connectivity index (χ3v) is 1.50. The lowest BCUT2D eigenvalue weighted by atomic mass is 10.3. The Morgan fingerprint density at radius 1 is 1.88 bits per heavy atom. The highest BCUT2D eigenvalue weighted by Gasteiger charge is 2.26. The lowest BCUT2D eigenvalue weighted by Crippen LogP contribution is -2.25. The Balaban J connectivity index is 2.51. The Morgan fingerprint density at radius 2 is 2.50 bits per heavy atom. The summed E-state index contributed by atoms with van der Waals surface area (Å²) in [5.41, 5.74) is 0. The monoisotopic (exact) mass is 133 g/mol. The maximum Gasteiger partial charge on any atom is 0.235 e. The van der Waals surface area contributed by atoms with Crippen molar-refractivity contribution < 1.29 is 9.90 Å². The number of hydrogen-bond acceptors (Lipinski definition) is 3. The van der Waals surface area contributed by atoms with Crippen LogP contribution in [0.15, 0.2) is 0 Å². The van der Waals surface area contributed by atoms with Crippen LogP contribution >= 0.6 is 12.6 Å². The molecule has 2 N–H and O–H groups in total. The summed E-state index contributed by atoms with van der Waals surface area (Å²) in [5, 5.41) is 10.7. The average Bonchev–Trinajstić information content (AvgIpc) is 1.85. The minimum Gasteiger partial charge on any atom is -0.374 e. The average molecular weight is 133 g/mol. The van der Waals surface area contributed by atoms with E-state index in [1.165, 1.54) is 0 Å². The van der Waals surface area contributed by atoms with Gasteiger partial charge in [-0.15, -0.1) is 0 Å². The molecule has 0 spiro atoms. The van der Waals surface area contributed by atoms with Gasteiger partial charge in [0, 0.05) is 6.42 Å². The molecule has 8 heavy (non-hydrogen) atoms. The molecule has 1 rings (SSSR count). The maximum atomic E-state index is 10.4. The molecule has 2 unspecified atom stereocenters. The van der Waals surface area contributed by atoms with Crippen LogP contribution in [0, 0.1) is 0 Å². The van der Waals surface area contributed by atoms with Crippen molar-refractivity contribution >= 4 is 18.5 Å². The van der Waals surface area contributed by atoms with Crippen molar-refractivity contribution in [3.8, 4) is 0 Å². The van der Waals surface area contributed by atoms with Gasteiger partial charge in [-0.05, 0) is 0 Å². The molecule has 0 aromatic heterocycles. The van der Waals surface area contributed by atoms with Gasteiger partial charge in [-0.2, -0.15) is 12.6 Å². The summed E-state index contributed by atoms with van der Waals surface area (Å²) in [4.78, 5) is 10.4. The topological polar surface area (TPSA) is 49.3 Å². The van der Waals surface area contributed by atoms with E-state index in [-0.39, 0.29) is 11.2 Å². The van der Waals surface area contributed by atoms with Crippen molar-refractivity contribution in [1.29, 1.82) is 0 Å². The number of rotatable bonds is 0. The second kappa shape index (κ2) is 1.95. The van der Waals surface area contributed by atoms with Crippen LogP contribution in [0.4, 0.5) is 0 Å². The van der Waals surface area contributed by atoms with Crippen molar-refractivity contribution in [1.82, 2.24) is 5.32 Å². The van der Waals surface area contributed by atoms with E-state index in [0.717, 1.165) is 0 Å². The molecule has 1 aliphatic rings. The number of amides is 1. The molecule has 1 fully saturated rings. The minimum atomic E-state index is -0.676. The second-order valence-electron chi connectivity index (χ2n) is 1.78. The Bertz CT molecular complexity index is 117. The first-order chi connectivity index (χ1) is 3.70. The van der Waals surface area contributed by atoms with E-state index in [9.17, 15) is 4.79 Å². The van der Waals surface area contributed by atoms with Crippen molar-refractivity contribution in [2.24, 2.45) is 0 Å². The molecular weight excluding hydrogens is 126 g/mol. The van der Waals surface area contributed by atoms with Crippen LogP contribution in [-0.4, -0.2) is 22.5 Å². The Labute approximate surface area is 52.5 Å². The van der Waals surface area contributed by atoms with Gasteiger partial charge >= 0.3 is 0 Å². The first-order valence-corrected chi connectivity index (χ1v) is 2.88. The second-order valence-corrected chi connectivity index (χ2v) is 2.40. The van der Waals surface area contributed by atoms with E-state index in [0.29, 0.717) is 6.42 Å². The molecule has 2 atom stereocenters. The Kier molecular flexibility index (Phi) is 1.44. The highest BCUT2D eigenvalue weighted by Crippen LogP contribution is 2.10. The van der Waals surface area contributed by atoms with Crippen LogP contribution in [0.1, 0.15) is 6.42 Å². The predicted molar refractivity (Wildman–Crippen MR) is 31.5 cm³/mol. The fourth-order valence-corrected chi connectivity index (χ4v) is 0.912. The number of nitrogens with one attached hydrogen (secondary N) is 1. The zero-order chi connectivity index (χ0) is 6.15. The Hall–Kier alpha value is -0.220. The van der Waals surface area contributed by atoms with E-state index >= 15 is 0 Å². The fourth-order valence-electron chi connectivity index (χ4n) is 0.638. The van der Waals surface area contributed by atoms with Gasteiger partial charge < -0.3 is 10.4 Å². The molecule has 1 saturated heterocycles. The number of carbonyl (C=O) groups excluding carboxylic acids is 1. The lowest BCUT2D eigenvalue weighted by molar-refractivity contribution is -0.119. The zero-order valence-electron chi connectivity index (χ0n) is 4.16. The molecular formula is C4H7NO2S. The summed E-state index contributed by atoms with van der Waals surface area (Å²) < 4.78 is 0. The maximum absolute atomic E-state index is 10.4. The zero-order valence-corrected chi connectivity index (χ0v) is 5.06. The molecule has 4 heteroatoms. The van der Waals surface area contributed by atoms with E-state index in [2.05, 4.69) is 17.9 Å². The van der Waals surface area contributed by atoms with Gasteiger partial charge in [0.1, 0.15) is 6.23 Å². The van der Waals surface area contributed by atoms with Crippen LogP contribution < -0.4 is 5.32 Å². The summed E-state index contributed by atoms with van der Waals surface area (Å²) in [7, 11) is 0. The summed E-state index contributed by atoms with van der Waals surface area (Å²) in [6.07, 6.45) is -0.257. The third-order valence-electron chi connectivity index (χ3n) is 1.06. The normalized spacial score (nSPS) is 37.5. The standard InChI is InChI=1S/C4H7NO2S/c6-3-1-2(8)4(7)5-3/h2-3,6,8H,1H2,(H,5,7). The van der Waals surface area contributed by atoms with Crippen LogP contribution in [0.5, 0.6) is 0 Å². The quantitative estimate of drug-likeness (QED) is 0.376. The molecule has 3 nitrogen and oxygen atoms in total. The van der Waals surface area contributed by atoms with Crippen LogP contribution in [0.3, 0.4) is 0 Å². The number of hydrogen-bond donors (Lipinski definition) is 3. The fraction of sp³-hybridized carbons (Fsp3) is 0.750. The SMILES string of the molecule is O=C1NC(O)CC1S. The van der Waals surface area contributed by atoms with Gasteiger partial charge in [-0.25, -0.2) is 0 Å². The van der Waals surface area contributed by atoms with Gasteiger partial charge in [0.2, 0.25) is 5.91 Å². The smallest absolute Gasteiger partial charge is 0.235 e. The lowest BCUT2D eigenvalue weighted by Gasteiger charge is -1.94. The molecule has 0 saturated carbocycles. The molecule has 1 aliphatic heterocycles. The molecule has 0 radical (unpaired) electrons. The van der Waals surface area contributed by atoms with E-state index in [1.807, 2.05) is 0 Å². The third kappa shape index (κ3) is 0.952. The molecule has 0 bridgehead atoms. The molecule has 1 heterocycles. The number of aliphatic hydroxyl groups excluding tert-OH is 1. The largest absolute Gasteiger partial charge is 0.374 e. The summed E-state index contributed by atoms with van der Waals surface area (Å²) in [5.74, 6) is -0.180. The number of thiol groups is 1. The summed E-state index contributed by atoms with van der Waals surface area (Å²) in [6.45, 7) is 0. The van der Waals surface area contributed by atoms with Gasteiger partial charge in [0.25, 0.3) is 0 Å². The van der Waals surface area contributed by atoms with Crippen molar-refractivity contribution in [3.05, 3.63) is 0 Å². The van der Waals surface area contributed by atoms with Crippen molar-refractivity contribution in [2.75, 3.05) is 0 Å². The van der Waals surface area contributed by atoms with Crippen LogP contribution in [0.2, 0.25) is 0 Å². The van der Waals surface area contributed by atoms with Gasteiger partial charge in [-0.3, -0.25) is 4.79 Å². The van der Waals surface area contributed by atoms with Gasteiger partial charge in [0.15, 0.2) is 0 Å². The molecule has 1 amide bonds.